The minimum Gasteiger partial charge on any atom is -0.369 e. The lowest BCUT2D eigenvalue weighted by atomic mass is 10.0. The van der Waals surface area contributed by atoms with Gasteiger partial charge in [0.15, 0.2) is 0 Å². The third-order valence-electron chi connectivity index (χ3n) is 7.54. The lowest BCUT2D eigenvalue weighted by Crippen LogP contribution is -2.46. The Morgan fingerprint density at radius 2 is 0.976 bits per heavy atom. The van der Waals surface area contributed by atoms with Gasteiger partial charge in [-0.25, -0.2) is 4.39 Å². The highest BCUT2D eigenvalue weighted by molar-refractivity contribution is 6.19. The molecule has 0 atom stereocenters. The van der Waals surface area contributed by atoms with Gasteiger partial charge in [-0.05, 0) is 59.5 Å². The van der Waals surface area contributed by atoms with Gasteiger partial charge in [-0.3, -0.25) is 9.80 Å². The van der Waals surface area contributed by atoms with Crippen LogP contribution in [0, 0.1) is 5.82 Å². The van der Waals surface area contributed by atoms with E-state index in [9.17, 15) is 4.39 Å². The number of benzene rings is 3. The maximum atomic E-state index is 13.9. The fraction of sp³-hybridized carbons (Fsp3) is 0.438. The number of anilines is 2. The molecule has 3 aromatic rings. The van der Waals surface area contributed by atoms with Crippen molar-refractivity contribution in [1.82, 2.24) is 9.80 Å². The van der Waals surface area contributed by atoms with Gasteiger partial charge in [0.05, 0.1) is 6.17 Å². The molecule has 1 aliphatic heterocycles. The van der Waals surface area contributed by atoms with Crippen LogP contribution in [0.15, 0.2) is 72.8 Å². The molecule has 0 N–H and O–H groups in total. The molecule has 3 aromatic carbocycles. The smallest absolute Gasteiger partial charge is 0.123 e. The Balaban J connectivity index is 1.53. The SMILES string of the molecule is Fc1ccc(C2N(Cc3ccc(N(CCCl)CCCl)cc3)CCCN2Cc2ccc(N(CCCl)CCCl)cc2)cc1. The standard InChI is InChI=1S/C32H39Cl4FN4/c33-14-20-38(21-15-34)30-10-2-26(3-11-30)24-40-18-1-19-41(32(40)28-6-8-29(37)9-7-28)25-27-4-12-31(13-5-27)39(22-16-35)23-17-36/h2-13,32H,1,14-25H2. The molecule has 0 saturated carbocycles. The summed E-state index contributed by atoms with van der Waals surface area (Å²) in [7, 11) is 0. The first-order chi connectivity index (χ1) is 20.1. The summed E-state index contributed by atoms with van der Waals surface area (Å²) in [6, 6.07) is 24.4. The fourth-order valence-corrected chi connectivity index (χ4v) is 6.40. The van der Waals surface area contributed by atoms with Crippen molar-refractivity contribution >= 4 is 57.8 Å². The van der Waals surface area contributed by atoms with Gasteiger partial charge < -0.3 is 9.80 Å². The lowest BCUT2D eigenvalue weighted by molar-refractivity contribution is -0.00912. The van der Waals surface area contributed by atoms with Gasteiger partial charge in [0, 0.05) is 87.3 Å². The predicted octanol–water partition coefficient (Wildman–Crippen LogP) is 7.80. The normalized spacial score (nSPS) is 14.9. The van der Waals surface area contributed by atoms with Crippen LogP contribution in [0.4, 0.5) is 15.8 Å². The van der Waals surface area contributed by atoms with Crippen LogP contribution < -0.4 is 9.80 Å². The first kappa shape index (κ1) is 32.2. The van der Waals surface area contributed by atoms with Gasteiger partial charge in [-0.15, -0.1) is 46.4 Å². The molecule has 41 heavy (non-hydrogen) atoms. The van der Waals surface area contributed by atoms with Crippen molar-refractivity contribution in [3.05, 3.63) is 95.3 Å². The Morgan fingerprint density at radius 3 is 1.34 bits per heavy atom. The Morgan fingerprint density at radius 1 is 0.585 bits per heavy atom. The van der Waals surface area contributed by atoms with Crippen LogP contribution in [0.1, 0.15) is 29.3 Å². The maximum absolute atomic E-state index is 13.9. The number of halogens is 5. The number of hydrogen-bond donors (Lipinski definition) is 0. The van der Waals surface area contributed by atoms with Gasteiger partial charge in [0.1, 0.15) is 5.82 Å². The average molecular weight is 641 g/mol. The molecule has 9 heteroatoms. The van der Waals surface area contributed by atoms with Crippen molar-refractivity contribution in [1.29, 1.82) is 0 Å². The van der Waals surface area contributed by atoms with E-state index in [1.54, 1.807) is 12.1 Å². The van der Waals surface area contributed by atoms with Crippen LogP contribution in [0.25, 0.3) is 0 Å². The zero-order chi connectivity index (χ0) is 29.0. The van der Waals surface area contributed by atoms with Gasteiger partial charge in [-0.2, -0.15) is 0 Å². The molecule has 4 rings (SSSR count). The summed E-state index contributed by atoms with van der Waals surface area (Å²) in [5.74, 6) is 2.02. The highest BCUT2D eigenvalue weighted by Gasteiger charge is 2.31. The molecule has 0 aliphatic carbocycles. The highest BCUT2D eigenvalue weighted by Crippen LogP contribution is 2.33. The van der Waals surface area contributed by atoms with Crippen molar-refractivity contribution in [2.24, 2.45) is 0 Å². The Hall–Kier alpha value is -1.73. The third-order valence-corrected chi connectivity index (χ3v) is 8.22. The highest BCUT2D eigenvalue weighted by atomic mass is 35.5. The van der Waals surface area contributed by atoms with Crippen LogP contribution in [0.5, 0.6) is 0 Å². The zero-order valence-corrected chi connectivity index (χ0v) is 26.4. The molecule has 222 valence electrons. The largest absolute Gasteiger partial charge is 0.369 e. The van der Waals surface area contributed by atoms with Crippen molar-refractivity contribution < 1.29 is 4.39 Å². The van der Waals surface area contributed by atoms with E-state index in [0.29, 0.717) is 23.5 Å². The summed E-state index contributed by atoms with van der Waals surface area (Å²) < 4.78 is 13.9. The lowest BCUT2D eigenvalue weighted by Gasteiger charge is -2.44. The van der Waals surface area contributed by atoms with E-state index in [-0.39, 0.29) is 12.0 Å². The van der Waals surface area contributed by atoms with Crippen molar-refractivity contribution in [2.75, 3.05) is 72.6 Å². The van der Waals surface area contributed by atoms with E-state index in [1.807, 2.05) is 12.1 Å². The topological polar surface area (TPSA) is 13.0 Å². The van der Waals surface area contributed by atoms with Gasteiger partial charge in [-0.1, -0.05) is 36.4 Å². The molecule has 1 aliphatic rings. The Kier molecular flexibility index (Phi) is 13.2. The summed E-state index contributed by atoms with van der Waals surface area (Å²) in [6.45, 7) is 6.59. The number of hydrogen-bond acceptors (Lipinski definition) is 4. The summed E-state index contributed by atoms with van der Waals surface area (Å²) in [6.07, 6.45) is 1.10. The van der Waals surface area contributed by atoms with E-state index >= 15 is 0 Å². The van der Waals surface area contributed by atoms with Crippen LogP contribution in [-0.2, 0) is 13.1 Å². The second kappa shape index (κ2) is 16.8. The van der Waals surface area contributed by atoms with Crippen LogP contribution >= 0.6 is 46.4 Å². The van der Waals surface area contributed by atoms with Crippen LogP contribution in [0.2, 0.25) is 0 Å². The van der Waals surface area contributed by atoms with E-state index in [2.05, 4.69) is 68.1 Å². The molecule has 0 radical (unpaired) electrons. The quantitative estimate of drug-likeness (QED) is 0.157. The summed E-state index contributed by atoms with van der Waals surface area (Å²) >= 11 is 24.1. The van der Waals surface area contributed by atoms with E-state index in [1.165, 1.54) is 11.1 Å². The Bertz CT molecular complexity index is 1080. The van der Waals surface area contributed by atoms with Crippen LogP contribution in [0.3, 0.4) is 0 Å². The number of rotatable bonds is 15. The number of nitrogens with zero attached hydrogens (tertiary/aromatic N) is 4. The predicted molar refractivity (Wildman–Crippen MR) is 175 cm³/mol. The summed E-state index contributed by atoms with van der Waals surface area (Å²) in [4.78, 5) is 9.42. The number of alkyl halides is 4. The van der Waals surface area contributed by atoms with E-state index in [4.69, 9.17) is 46.4 Å². The van der Waals surface area contributed by atoms with Crippen molar-refractivity contribution in [2.45, 2.75) is 25.7 Å². The second-order valence-corrected chi connectivity index (χ2v) is 11.8. The maximum Gasteiger partial charge on any atom is 0.123 e. The molecular weight excluding hydrogens is 601 g/mol. The van der Waals surface area contributed by atoms with E-state index in [0.717, 1.165) is 75.7 Å². The van der Waals surface area contributed by atoms with Gasteiger partial charge in [0.25, 0.3) is 0 Å². The molecule has 1 heterocycles. The molecule has 0 aromatic heterocycles. The minimum absolute atomic E-state index is 0.0386. The van der Waals surface area contributed by atoms with Crippen molar-refractivity contribution in [3.63, 3.8) is 0 Å². The molecule has 0 bridgehead atoms. The molecule has 1 saturated heterocycles. The van der Waals surface area contributed by atoms with Crippen molar-refractivity contribution in [3.8, 4) is 0 Å². The molecule has 1 fully saturated rings. The molecule has 0 amide bonds. The zero-order valence-electron chi connectivity index (χ0n) is 23.4. The monoisotopic (exact) mass is 638 g/mol. The Labute approximate surface area is 264 Å². The second-order valence-electron chi connectivity index (χ2n) is 10.3. The summed E-state index contributed by atoms with van der Waals surface area (Å²) in [5.41, 5.74) is 5.84. The fourth-order valence-electron chi connectivity index (χ4n) is 5.58. The molecular formula is C32H39Cl4FN4. The molecule has 0 unspecified atom stereocenters. The van der Waals surface area contributed by atoms with Gasteiger partial charge in [0.2, 0.25) is 0 Å². The summed E-state index contributed by atoms with van der Waals surface area (Å²) in [5, 5.41) is 0. The first-order valence-electron chi connectivity index (χ1n) is 14.2. The third kappa shape index (κ3) is 9.13. The minimum atomic E-state index is -0.217. The first-order valence-corrected chi connectivity index (χ1v) is 16.3. The molecule has 4 nitrogen and oxygen atoms in total. The average Bonchev–Trinajstić information content (AvgIpc) is 2.99. The van der Waals surface area contributed by atoms with E-state index < -0.39 is 0 Å². The van der Waals surface area contributed by atoms with Gasteiger partial charge >= 0.3 is 0 Å². The molecule has 0 spiro atoms. The van der Waals surface area contributed by atoms with Crippen LogP contribution in [-0.4, -0.2) is 72.6 Å².